The normalized spacial score (nSPS) is 24.8. The molecule has 2 rings (SSSR count). The quantitative estimate of drug-likeness (QED) is 0.449. The molecule has 1 unspecified atom stereocenters. The number of hydrogen-bond donors (Lipinski definition) is 1. The zero-order valence-corrected chi connectivity index (χ0v) is 15.1. The summed E-state index contributed by atoms with van der Waals surface area (Å²) in [5.74, 6) is -0.299. The Bertz CT molecular complexity index is 688. The smallest absolute Gasteiger partial charge is 0.168 e. The molecule has 1 N–H and O–H groups in total. The lowest BCUT2D eigenvalue weighted by atomic mass is 9.80. The maximum absolute atomic E-state index is 12.6. The SMILES string of the molecule is CCCC(=NOCC)C1=C(O)CC(C2=CCCS(=O)(=O)C2)CC1=O. The van der Waals surface area contributed by atoms with Crippen molar-refractivity contribution >= 4 is 21.3 Å². The van der Waals surface area contributed by atoms with E-state index in [1.54, 1.807) is 6.92 Å². The average Bonchev–Trinajstić information content (AvgIpc) is 2.50. The van der Waals surface area contributed by atoms with Gasteiger partial charge in [-0.2, -0.15) is 0 Å². The number of hydrogen-bond acceptors (Lipinski definition) is 6. The molecule has 134 valence electrons. The molecule has 0 bridgehead atoms. The van der Waals surface area contributed by atoms with Crippen LogP contribution in [-0.2, 0) is 19.5 Å². The second kappa shape index (κ2) is 7.96. The molecule has 0 saturated carbocycles. The number of carbonyl (C=O) groups is 1. The van der Waals surface area contributed by atoms with E-state index in [4.69, 9.17) is 4.84 Å². The zero-order chi connectivity index (χ0) is 17.7. The highest BCUT2D eigenvalue weighted by Crippen LogP contribution is 2.34. The molecule has 24 heavy (non-hydrogen) atoms. The van der Waals surface area contributed by atoms with Crippen LogP contribution in [0.1, 0.15) is 46.0 Å². The largest absolute Gasteiger partial charge is 0.511 e. The number of ketones is 1. The van der Waals surface area contributed by atoms with Crippen LogP contribution >= 0.6 is 0 Å². The lowest BCUT2D eigenvalue weighted by molar-refractivity contribution is -0.116. The molecule has 2 aliphatic rings. The maximum atomic E-state index is 12.6. The summed E-state index contributed by atoms with van der Waals surface area (Å²) in [7, 11) is -3.09. The Morgan fingerprint density at radius 3 is 2.71 bits per heavy atom. The molecule has 0 saturated heterocycles. The molecular formula is C17H25NO5S. The van der Waals surface area contributed by atoms with E-state index in [0.717, 1.165) is 12.0 Å². The second-order valence-electron chi connectivity index (χ2n) is 6.22. The third-order valence-electron chi connectivity index (χ3n) is 4.26. The Labute approximate surface area is 143 Å². The third-order valence-corrected chi connectivity index (χ3v) is 5.90. The van der Waals surface area contributed by atoms with Crippen LogP contribution in [0.15, 0.2) is 28.1 Å². The Balaban J connectivity index is 2.25. The molecule has 1 aliphatic heterocycles. The monoisotopic (exact) mass is 355 g/mol. The fourth-order valence-electron chi connectivity index (χ4n) is 3.17. The van der Waals surface area contributed by atoms with Gasteiger partial charge < -0.3 is 9.94 Å². The van der Waals surface area contributed by atoms with Crippen LogP contribution in [0.5, 0.6) is 0 Å². The Hall–Kier alpha value is -1.63. The highest BCUT2D eigenvalue weighted by molar-refractivity contribution is 7.91. The molecule has 1 aliphatic carbocycles. The van der Waals surface area contributed by atoms with Crippen LogP contribution in [0.4, 0.5) is 0 Å². The van der Waals surface area contributed by atoms with Gasteiger partial charge in [-0.15, -0.1) is 0 Å². The standard InChI is InChI=1S/C17H25NO5S/c1-3-6-14(18-23-4-2)17-15(19)9-13(10-16(17)20)12-7-5-8-24(21,22)11-12/h7,13,19H,3-6,8-11H2,1-2H3. The first kappa shape index (κ1) is 18.7. The van der Waals surface area contributed by atoms with Gasteiger partial charge >= 0.3 is 0 Å². The zero-order valence-electron chi connectivity index (χ0n) is 14.2. The molecule has 0 fully saturated rings. The molecule has 1 atom stereocenters. The van der Waals surface area contributed by atoms with E-state index < -0.39 is 9.84 Å². The lowest BCUT2D eigenvalue weighted by Gasteiger charge is -2.27. The Morgan fingerprint density at radius 2 is 2.12 bits per heavy atom. The van der Waals surface area contributed by atoms with Gasteiger partial charge in [0.1, 0.15) is 12.4 Å². The molecule has 0 amide bonds. The first-order valence-corrected chi connectivity index (χ1v) is 10.2. The highest BCUT2D eigenvalue weighted by Gasteiger charge is 2.34. The van der Waals surface area contributed by atoms with Gasteiger partial charge in [0.05, 0.1) is 22.8 Å². The van der Waals surface area contributed by atoms with Crippen molar-refractivity contribution in [3.63, 3.8) is 0 Å². The number of nitrogens with zero attached hydrogens (tertiary/aromatic N) is 1. The van der Waals surface area contributed by atoms with Gasteiger partial charge in [0, 0.05) is 12.8 Å². The van der Waals surface area contributed by atoms with Crippen molar-refractivity contribution in [3.8, 4) is 0 Å². The summed E-state index contributed by atoms with van der Waals surface area (Å²) in [6.07, 6.45) is 4.19. The number of Topliss-reactive ketones (excluding diaryl/α,β-unsaturated/α-hetero) is 1. The average molecular weight is 355 g/mol. The highest BCUT2D eigenvalue weighted by atomic mass is 32.2. The van der Waals surface area contributed by atoms with E-state index in [2.05, 4.69) is 5.16 Å². The van der Waals surface area contributed by atoms with Crippen molar-refractivity contribution in [1.29, 1.82) is 0 Å². The van der Waals surface area contributed by atoms with Gasteiger partial charge in [-0.25, -0.2) is 8.42 Å². The van der Waals surface area contributed by atoms with Crippen LogP contribution in [0.2, 0.25) is 0 Å². The van der Waals surface area contributed by atoms with E-state index in [1.165, 1.54) is 0 Å². The number of rotatable bonds is 6. The molecule has 0 radical (unpaired) electrons. The van der Waals surface area contributed by atoms with Gasteiger partial charge in [0.15, 0.2) is 15.6 Å². The minimum Gasteiger partial charge on any atom is -0.511 e. The Morgan fingerprint density at radius 1 is 1.38 bits per heavy atom. The van der Waals surface area contributed by atoms with E-state index in [0.29, 0.717) is 25.2 Å². The van der Waals surface area contributed by atoms with Gasteiger partial charge in [-0.05, 0) is 25.7 Å². The lowest BCUT2D eigenvalue weighted by Crippen LogP contribution is -2.29. The topological polar surface area (TPSA) is 93.0 Å². The van der Waals surface area contributed by atoms with Gasteiger partial charge in [-0.3, -0.25) is 4.79 Å². The van der Waals surface area contributed by atoms with Crippen LogP contribution in [0.3, 0.4) is 0 Å². The van der Waals surface area contributed by atoms with Crippen molar-refractivity contribution < 1.29 is 23.2 Å². The fraction of sp³-hybridized carbons (Fsp3) is 0.647. The van der Waals surface area contributed by atoms with Crippen molar-refractivity contribution in [3.05, 3.63) is 23.0 Å². The van der Waals surface area contributed by atoms with E-state index in [-0.39, 0.29) is 47.4 Å². The number of sulfone groups is 1. The van der Waals surface area contributed by atoms with E-state index in [1.807, 2.05) is 13.0 Å². The van der Waals surface area contributed by atoms with Crippen molar-refractivity contribution in [2.45, 2.75) is 46.0 Å². The summed E-state index contributed by atoms with van der Waals surface area (Å²) < 4.78 is 23.6. The minimum absolute atomic E-state index is 0.00738. The summed E-state index contributed by atoms with van der Waals surface area (Å²) in [5, 5.41) is 14.4. The molecule has 1 heterocycles. The van der Waals surface area contributed by atoms with Gasteiger partial charge in [-0.1, -0.05) is 30.1 Å². The second-order valence-corrected chi connectivity index (χ2v) is 8.40. The predicted octanol–water partition coefficient (Wildman–Crippen LogP) is 2.72. The molecule has 0 aromatic carbocycles. The minimum atomic E-state index is -3.09. The summed E-state index contributed by atoms with van der Waals surface area (Å²) in [6.45, 7) is 4.16. The number of oxime groups is 1. The van der Waals surface area contributed by atoms with Crippen molar-refractivity contribution in [1.82, 2.24) is 0 Å². The van der Waals surface area contributed by atoms with Crippen molar-refractivity contribution in [2.75, 3.05) is 18.1 Å². The van der Waals surface area contributed by atoms with E-state index in [9.17, 15) is 18.3 Å². The number of allylic oxidation sites excluding steroid dienone is 3. The molecular weight excluding hydrogens is 330 g/mol. The first-order valence-electron chi connectivity index (χ1n) is 8.41. The number of carbonyl (C=O) groups excluding carboxylic acids is 1. The van der Waals surface area contributed by atoms with E-state index >= 15 is 0 Å². The molecule has 0 spiro atoms. The maximum Gasteiger partial charge on any atom is 0.168 e. The summed E-state index contributed by atoms with van der Waals surface area (Å²) >= 11 is 0. The van der Waals surface area contributed by atoms with Crippen LogP contribution in [0, 0.1) is 5.92 Å². The predicted molar refractivity (Wildman–Crippen MR) is 92.7 cm³/mol. The molecule has 0 aromatic rings. The fourth-order valence-corrected chi connectivity index (χ4v) is 4.66. The van der Waals surface area contributed by atoms with Crippen LogP contribution in [-0.4, -0.2) is 43.1 Å². The number of aliphatic hydroxyl groups excluding tert-OH is 1. The third kappa shape index (κ3) is 4.47. The molecule has 0 aromatic heterocycles. The Kier molecular flexibility index (Phi) is 6.21. The molecule has 7 heteroatoms. The summed E-state index contributed by atoms with van der Waals surface area (Å²) in [5.41, 5.74) is 1.48. The van der Waals surface area contributed by atoms with Crippen LogP contribution in [0.25, 0.3) is 0 Å². The van der Waals surface area contributed by atoms with Gasteiger partial charge in [0.25, 0.3) is 0 Å². The molecule has 6 nitrogen and oxygen atoms in total. The van der Waals surface area contributed by atoms with Crippen molar-refractivity contribution in [2.24, 2.45) is 11.1 Å². The summed E-state index contributed by atoms with van der Waals surface area (Å²) in [4.78, 5) is 17.6. The summed E-state index contributed by atoms with van der Waals surface area (Å²) in [6, 6.07) is 0. The van der Waals surface area contributed by atoms with Crippen LogP contribution < -0.4 is 0 Å². The van der Waals surface area contributed by atoms with Gasteiger partial charge in [0.2, 0.25) is 0 Å². The first-order chi connectivity index (χ1) is 11.4. The number of aliphatic hydroxyl groups is 1.